The van der Waals surface area contributed by atoms with Gasteiger partial charge in [-0.2, -0.15) is 0 Å². The molecule has 1 heterocycles. The zero-order valence-electron chi connectivity index (χ0n) is 13.2. The molecule has 1 aliphatic carbocycles. The number of fused-ring (bicyclic) bond motifs is 1. The van der Waals surface area contributed by atoms with E-state index in [9.17, 15) is 0 Å². The van der Waals surface area contributed by atoms with Crippen LogP contribution in [-0.2, 0) is 19.2 Å². The Labute approximate surface area is 153 Å². The second-order valence-electron chi connectivity index (χ2n) is 5.62. The molecule has 0 bridgehead atoms. The molecule has 0 saturated carbocycles. The van der Waals surface area contributed by atoms with Crippen LogP contribution in [0.25, 0.3) is 9.95 Å². The largest absolute Gasteiger partial charge is 1.00 e. The Balaban J connectivity index is 0.00000121. The van der Waals surface area contributed by atoms with E-state index in [4.69, 9.17) is 0 Å². The normalized spacial score (nSPS) is 11.8. The summed E-state index contributed by atoms with van der Waals surface area (Å²) in [5, 5.41) is 2.82. The van der Waals surface area contributed by atoms with Crippen molar-refractivity contribution in [2.75, 3.05) is 0 Å². The molecule has 0 aliphatic heterocycles. The molecule has 0 atom stereocenters. The van der Waals surface area contributed by atoms with Crippen LogP contribution in [0, 0.1) is 13.8 Å². The minimum Gasteiger partial charge on any atom is -1.00 e. The summed E-state index contributed by atoms with van der Waals surface area (Å²) in [5.41, 5.74) is 5.69. The molecule has 2 aromatic rings. The fourth-order valence-corrected chi connectivity index (χ4v) is 5.10. The van der Waals surface area contributed by atoms with Gasteiger partial charge in [-0.15, -0.1) is 0 Å². The quantitative estimate of drug-likeness (QED) is 0.526. The summed E-state index contributed by atoms with van der Waals surface area (Å²) in [4.78, 5) is 3.49. The van der Waals surface area contributed by atoms with Crippen LogP contribution in [-0.4, -0.2) is 4.98 Å². The van der Waals surface area contributed by atoms with Gasteiger partial charge in [0, 0.05) is 0 Å². The summed E-state index contributed by atoms with van der Waals surface area (Å²) in [7, 11) is 0. The van der Waals surface area contributed by atoms with Crippen molar-refractivity contribution in [2.24, 2.45) is 0 Å². The minimum absolute atomic E-state index is 0. The molecule has 22 heavy (non-hydrogen) atoms. The van der Waals surface area contributed by atoms with Crippen molar-refractivity contribution in [1.29, 1.82) is 0 Å². The van der Waals surface area contributed by atoms with Gasteiger partial charge in [-0.1, -0.05) is 0 Å². The maximum Gasteiger partial charge on any atom is -1.00 e. The first-order valence-corrected chi connectivity index (χ1v) is 8.54. The maximum atomic E-state index is 3.49. The first-order chi connectivity index (χ1) is 9.58. The van der Waals surface area contributed by atoms with Gasteiger partial charge in [0.15, 0.2) is 0 Å². The number of allylic oxidation sites excluding steroid dienone is 2. The van der Waals surface area contributed by atoms with Crippen LogP contribution in [0.15, 0.2) is 41.6 Å². The zero-order chi connectivity index (χ0) is 14.3. The monoisotopic (exact) mass is 367 g/mol. The Morgan fingerprint density at radius 2 is 1.73 bits per heavy atom. The molecule has 0 saturated heterocycles. The third-order valence-electron chi connectivity index (χ3n) is 3.99. The summed E-state index contributed by atoms with van der Waals surface area (Å²) in [6.07, 6.45) is 4.50. The molecular weight excluding hydrogens is 349 g/mol. The molecule has 4 heteroatoms. The summed E-state index contributed by atoms with van der Waals surface area (Å²) in [6.45, 7) is 8.86. The molecule has 1 aromatic carbocycles. The number of benzene rings is 1. The third-order valence-corrected chi connectivity index (χ3v) is 6.42. The molecule has 0 radical (unpaired) electrons. The third kappa shape index (κ3) is 3.44. The van der Waals surface area contributed by atoms with Gasteiger partial charge >= 0.3 is 129 Å². The molecule has 0 amide bonds. The van der Waals surface area contributed by atoms with Crippen LogP contribution < -0.4 is 39.3 Å². The Hall–Kier alpha value is -0.726. The van der Waals surface area contributed by atoms with Crippen molar-refractivity contribution in [1.82, 2.24) is 4.98 Å². The van der Waals surface area contributed by atoms with Crippen molar-refractivity contribution in [3.8, 4) is 0 Å². The van der Waals surface area contributed by atoms with Gasteiger partial charge in [0.2, 0.25) is 0 Å². The van der Waals surface area contributed by atoms with E-state index < -0.39 is 0 Å². The number of aromatic nitrogens is 1. The van der Waals surface area contributed by atoms with Crippen LogP contribution in [0.2, 0.25) is 0 Å². The minimum atomic E-state index is -0.325. The molecule has 0 unspecified atom stereocenters. The van der Waals surface area contributed by atoms with Crippen molar-refractivity contribution < 1.29 is 44.0 Å². The number of hydrogen-bond acceptors (Lipinski definition) is 0. The van der Waals surface area contributed by atoms with Gasteiger partial charge in [0.05, 0.1) is 0 Å². The van der Waals surface area contributed by atoms with Crippen LogP contribution in [0.1, 0.15) is 25.0 Å². The van der Waals surface area contributed by atoms with Gasteiger partial charge < -0.3 is 24.8 Å². The molecule has 1 aromatic heterocycles. The smallest absolute Gasteiger partial charge is 1.00 e. The Kier molecular flexibility index (Phi) is 6.76. The molecule has 0 spiro atoms. The fourth-order valence-electron chi connectivity index (χ4n) is 2.60. The summed E-state index contributed by atoms with van der Waals surface area (Å²) in [5.74, 6) is 0. The number of H-pyrrole nitrogens is 1. The number of rotatable bonds is 2. The standard InChI is InChI=1S/C12H11.C6H8N.2ClH.Ti/c1-9(2)12-7-10-5-3-4-6-11(10)8-12;1-5-3-7-4-6(5)2;;;/h3-7H,1-2H3;3,7H,1-2H3;2*1H;/q;;;;+2/p-2. The number of aromatic amines is 1. The fraction of sp³-hybridized carbons (Fsp3) is 0.222. The van der Waals surface area contributed by atoms with Gasteiger partial charge in [-0.3, -0.25) is 0 Å². The molecule has 1 N–H and O–H groups in total. The summed E-state index contributed by atoms with van der Waals surface area (Å²) < 4.78 is 3.03. The van der Waals surface area contributed by atoms with E-state index in [1.165, 1.54) is 36.7 Å². The van der Waals surface area contributed by atoms with Gasteiger partial charge in [-0.05, 0) is 0 Å². The number of nitrogens with one attached hydrogen (secondary N) is 1. The molecule has 114 valence electrons. The predicted molar refractivity (Wildman–Crippen MR) is 81.8 cm³/mol. The van der Waals surface area contributed by atoms with Crippen molar-refractivity contribution in [3.05, 3.63) is 63.2 Å². The van der Waals surface area contributed by atoms with E-state index in [1.807, 2.05) is 0 Å². The van der Waals surface area contributed by atoms with E-state index in [-0.39, 0.29) is 44.0 Å². The van der Waals surface area contributed by atoms with E-state index in [2.05, 4.69) is 69.2 Å². The van der Waals surface area contributed by atoms with Crippen LogP contribution in [0.3, 0.4) is 0 Å². The average Bonchev–Trinajstić information content (AvgIpc) is 2.95. The topological polar surface area (TPSA) is 15.8 Å². The first kappa shape index (κ1) is 19.3. The number of halogens is 2. The van der Waals surface area contributed by atoms with E-state index in [1.54, 1.807) is 3.88 Å². The molecule has 3 rings (SSSR count). The van der Waals surface area contributed by atoms with Crippen LogP contribution in [0.5, 0.6) is 0 Å². The van der Waals surface area contributed by atoms with Crippen LogP contribution >= 0.6 is 0 Å². The van der Waals surface area contributed by atoms with E-state index in [0.29, 0.717) is 0 Å². The first-order valence-electron chi connectivity index (χ1n) is 6.98. The Morgan fingerprint density at radius 3 is 2.32 bits per heavy atom. The molecule has 1 nitrogen and oxygen atoms in total. The average molecular weight is 368 g/mol. The van der Waals surface area contributed by atoms with Gasteiger partial charge in [-0.25, -0.2) is 0 Å². The number of hydrogen-bond donors (Lipinski definition) is 1. The second-order valence-corrected chi connectivity index (χ2v) is 7.57. The van der Waals surface area contributed by atoms with Gasteiger partial charge in [0.25, 0.3) is 0 Å². The second kappa shape index (κ2) is 7.70. The summed E-state index contributed by atoms with van der Waals surface area (Å²) >= 11 is -0.325. The van der Waals surface area contributed by atoms with Crippen molar-refractivity contribution in [2.45, 2.75) is 27.7 Å². The van der Waals surface area contributed by atoms with Crippen molar-refractivity contribution in [3.63, 3.8) is 0 Å². The maximum absolute atomic E-state index is 3.49. The molecular formula is C18H19Cl2NTi. The number of aryl methyl sites for hydroxylation is 1. The van der Waals surface area contributed by atoms with E-state index in [0.717, 1.165) is 0 Å². The van der Waals surface area contributed by atoms with Crippen molar-refractivity contribution >= 4 is 14.0 Å². The van der Waals surface area contributed by atoms with E-state index >= 15 is 0 Å². The zero-order valence-corrected chi connectivity index (χ0v) is 16.3. The SMILES string of the molecule is CC(C)=C1C=c2ccccc2=[C]1[Ti+2][c]1[nH]cc(C)c1C.[Cl-].[Cl-]. The van der Waals surface area contributed by atoms with Gasteiger partial charge in [0.1, 0.15) is 0 Å². The summed E-state index contributed by atoms with van der Waals surface area (Å²) in [6, 6.07) is 8.78. The molecule has 0 fully saturated rings. The Morgan fingerprint density at radius 1 is 1.05 bits per heavy atom. The Bertz CT molecular complexity index is 827. The van der Waals surface area contributed by atoms with Crippen LogP contribution in [0.4, 0.5) is 0 Å². The molecule has 1 aliphatic rings. The predicted octanol–water partition coefficient (Wildman–Crippen LogP) is -3.71.